The molecule has 2 aromatic heterocycles. The van der Waals surface area contributed by atoms with Crippen molar-refractivity contribution in [3.63, 3.8) is 0 Å². The van der Waals surface area contributed by atoms with Crippen molar-refractivity contribution in [1.29, 1.82) is 0 Å². The minimum absolute atomic E-state index is 0.154. The van der Waals surface area contributed by atoms with Gasteiger partial charge in [-0.15, -0.1) is 0 Å². The molecule has 0 radical (unpaired) electrons. The first kappa shape index (κ1) is 26.2. The van der Waals surface area contributed by atoms with E-state index in [9.17, 15) is 14.4 Å². The molecule has 5 rings (SSSR count). The molecule has 3 aromatic carbocycles. The number of hydrogen-bond acceptors (Lipinski definition) is 5. The summed E-state index contributed by atoms with van der Waals surface area (Å²) in [7, 11) is 1.64. The molecule has 0 aliphatic rings. The standard InChI is InChI=1S/C30H25FN6O3/c1-37-25(16-17-32-37)29(39)34-28(27(19-8-4-2-5-9-19)20-10-6-3-7-11-20)30(40)33-21-12-13-22(23(31)18-21)24-14-15-26(38)36-35-24/h2-18,27-28H,1H3,(H,33,40)(H,34,39)(H,36,38). The highest BCUT2D eigenvalue weighted by Crippen LogP contribution is 2.30. The van der Waals surface area contributed by atoms with Gasteiger partial charge in [-0.3, -0.25) is 19.1 Å². The van der Waals surface area contributed by atoms with Crippen molar-refractivity contribution in [1.82, 2.24) is 25.3 Å². The number of halogens is 1. The molecule has 200 valence electrons. The summed E-state index contributed by atoms with van der Waals surface area (Å²) in [4.78, 5) is 38.5. The van der Waals surface area contributed by atoms with Crippen LogP contribution < -0.4 is 16.2 Å². The average Bonchev–Trinajstić information content (AvgIpc) is 3.40. The Bertz CT molecular complexity index is 1640. The van der Waals surface area contributed by atoms with Crippen LogP contribution in [0.15, 0.2) is 108 Å². The van der Waals surface area contributed by atoms with Gasteiger partial charge in [0.05, 0.1) is 5.69 Å². The molecule has 0 fully saturated rings. The molecule has 0 bridgehead atoms. The number of aryl methyl sites for hydroxylation is 1. The largest absolute Gasteiger partial charge is 0.338 e. The average molecular weight is 537 g/mol. The zero-order chi connectivity index (χ0) is 28.1. The Morgan fingerprint density at radius 3 is 2.12 bits per heavy atom. The maximum absolute atomic E-state index is 15.1. The predicted octanol–water partition coefficient (Wildman–Crippen LogP) is 3.88. The van der Waals surface area contributed by atoms with E-state index >= 15 is 4.39 Å². The van der Waals surface area contributed by atoms with Gasteiger partial charge in [0.15, 0.2) is 0 Å². The van der Waals surface area contributed by atoms with Crippen LogP contribution in [0.4, 0.5) is 10.1 Å². The van der Waals surface area contributed by atoms with Gasteiger partial charge in [0.25, 0.3) is 11.5 Å². The lowest BCUT2D eigenvalue weighted by molar-refractivity contribution is -0.118. The fraction of sp³-hybridized carbons (Fsp3) is 0.100. The Balaban J connectivity index is 1.50. The first-order valence-electron chi connectivity index (χ1n) is 12.5. The lowest BCUT2D eigenvalue weighted by Gasteiger charge is -2.28. The maximum atomic E-state index is 15.1. The molecule has 9 nitrogen and oxygen atoms in total. The van der Waals surface area contributed by atoms with Crippen LogP contribution in [0, 0.1) is 5.82 Å². The molecule has 5 aromatic rings. The smallest absolute Gasteiger partial charge is 0.270 e. The molecule has 2 heterocycles. The number of carbonyl (C=O) groups excluding carboxylic acids is 2. The molecule has 0 aliphatic heterocycles. The summed E-state index contributed by atoms with van der Waals surface area (Å²) in [6.45, 7) is 0. The normalized spacial score (nSPS) is 11.7. The molecule has 1 unspecified atom stereocenters. The van der Waals surface area contributed by atoms with E-state index in [0.29, 0.717) is 0 Å². The first-order valence-corrected chi connectivity index (χ1v) is 12.5. The SMILES string of the molecule is Cn1nccc1C(=O)NC(C(=O)Nc1ccc(-c2ccc(=O)[nH]n2)c(F)c1)C(c1ccccc1)c1ccccc1. The maximum Gasteiger partial charge on any atom is 0.270 e. The molecule has 0 saturated heterocycles. The number of anilines is 1. The Morgan fingerprint density at radius 1 is 0.900 bits per heavy atom. The zero-order valence-electron chi connectivity index (χ0n) is 21.4. The van der Waals surface area contributed by atoms with Crippen molar-refractivity contribution in [2.24, 2.45) is 7.05 Å². The number of nitrogens with one attached hydrogen (secondary N) is 3. The Labute approximate surface area is 228 Å². The second-order valence-electron chi connectivity index (χ2n) is 9.08. The molecule has 1 atom stereocenters. The van der Waals surface area contributed by atoms with E-state index in [1.54, 1.807) is 13.1 Å². The quantitative estimate of drug-likeness (QED) is 0.278. The van der Waals surface area contributed by atoms with E-state index in [2.05, 4.69) is 25.9 Å². The van der Waals surface area contributed by atoms with E-state index < -0.39 is 35.2 Å². The Hall–Kier alpha value is -5.38. The lowest BCUT2D eigenvalue weighted by atomic mass is 9.84. The second kappa shape index (κ2) is 11.6. The molecule has 2 amide bonds. The third-order valence-electron chi connectivity index (χ3n) is 6.47. The third-order valence-corrected chi connectivity index (χ3v) is 6.47. The van der Waals surface area contributed by atoms with Crippen molar-refractivity contribution in [3.8, 4) is 11.3 Å². The van der Waals surface area contributed by atoms with Crippen molar-refractivity contribution < 1.29 is 14.0 Å². The first-order chi connectivity index (χ1) is 19.4. The van der Waals surface area contributed by atoms with E-state index in [1.807, 2.05) is 60.7 Å². The zero-order valence-corrected chi connectivity index (χ0v) is 21.4. The van der Waals surface area contributed by atoms with Gasteiger partial charge in [-0.05, 0) is 41.5 Å². The third kappa shape index (κ3) is 5.70. The highest BCUT2D eigenvalue weighted by atomic mass is 19.1. The number of carbonyl (C=O) groups is 2. The number of aromatic nitrogens is 4. The number of nitrogens with zero attached hydrogens (tertiary/aromatic N) is 3. The highest BCUT2D eigenvalue weighted by molar-refractivity contribution is 6.01. The number of aromatic amines is 1. The summed E-state index contributed by atoms with van der Waals surface area (Å²) in [5.41, 5.74) is 2.08. The van der Waals surface area contributed by atoms with Gasteiger partial charge in [-0.25, -0.2) is 9.49 Å². The monoisotopic (exact) mass is 536 g/mol. The highest BCUT2D eigenvalue weighted by Gasteiger charge is 2.33. The van der Waals surface area contributed by atoms with E-state index in [-0.39, 0.29) is 22.6 Å². The second-order valence-corrected chi connectivity index (χ2v) is 9.08. The number of H-pyrrole nitrogens is 1. The fourth-order valence-electron chi connectivity index (χ4n) is 4.53. The topological polar surface area (TPSA) is 122 Å². The molecule has 0 aliphatic carbocycles. The summed E-state index contributed by atoms with van der Waals surface area (Å²) in [5, 5.41) is 15.8. The van der Waals surface area contributed by atoms with Crippen LogP contribution in [0.2, 0.25) is 0 Å². The lowest BCUT2D eigenvalue weighted by Crippen LogP contribution is -2.48. The van der Waals surface area contributed by atoms with Crippen molar-refractivity contribution in [2.75, 3.05) is 5.32 Å². The summed E-state index contributed by atoms with van der Waals surface area (Å²) in [5.74, 6) is -2.23. The summed E-state index contributed by atoms with van der Waals surface area (Å²) < 4.78 is 16.5. The molecule has 0 spiro atoms. The van der Waals surface area contributed by atoms with Crippen LogP contribution in [0.25, 0.3) is 11.3 Å². The van der Waals surface area contributed by atoms with Crippen LogP contribution in [0.1, 0.15) is 27.5 Å². The van der Waals surface area contributed by atoms with Crippen LogP contribution in [-0.2, 0) is 11.8 Å². The van der Waals surface area contributed by atoms with Gasteiger partial charge in [0.2, 0.25) is 5.91 Å². The van der Waals surface area contributed by atoms with Gasteiger partial charge in [0, 0.05) is 36.5 Å². The fourth-order valence-corrected chi connectivity index (χ4v) is 4.53. The number of hydrogen-bond donors (Lipinski definition) is 3. The number of rotatable bonds is 8. The molecular formula is C30H25FN6O3. The van der Waals surface area contributed by atoms with Gasteiger partial charge in [0.1, 0.15) is 17.6 Å². The Morgan fingerprint density at radius 2 is 1.57 bits per heavy atom. The van der Waals surface area contributed by atoms with Gasteiger partial charge in [-0.1, -0.05) is 60.7 Å². The van der Waals surface area contributed by atoms with Crippen LogP contribution >= 0.6 is 0 Å². The number of amides is 2. The van der Waals surface area contributed by atoms with Crippen molar-refractivity contribution >= 4 is 17.5 Å². The minimum Gasteiger partial charge on any atom is -0.338 e. The summed E-state index contributed by atoms with van der Waals surface area (Å²) >= 11 is 0. The summed E-state index contributed by atoms with van der Waals surface area (Å²) in [6, 6.07) is 26.0. The predicted molar refractivity (Wildman–Crippen MR) is 148 cm³/mol. The molecule has 0 saturated carbocycles. The van der Waals surface area contributed by atoms with Crippen LogP contribution in [0.5, 0.6) is 0 Å². The number of benzene rings is 3. The molecule has 40 heavy (non-hydrogen) atoms. The van der Waals surface area contributed by atoms with Gasteiger partial charge >= 0.3 is 0 Å². The Kier molecular flexibility index (Phi) is 7.58. The van der Waals surface area contributed by atoms with Crippen molar-refractivity contribution in [3.05, 3.63) is 136 Å². The van der Waals surface area contributed by atoms with E-state index in [1.165, 1.54) is 41.2 Å². The molecule has 10 heteroatoms. The minimum atomic E-state index is -1.07. The molecule has 3 N–H and O–H groups in total. The summed E-state index contributed by atoms with van der Waals surface area (Å²) in [6.07, 6.45) is 1.50. The van der Waals surface area contributed by atoms with Crippen LogP contribution in [0.3, 0.4) is 0 Å². The van der Waals surface area contributed by atoms with Gasteiger partial charge in [-0.2, -0.15) is 10.2 Å². The van der Waals surface area contributed by atoms with E-state index in [0.717, 1.165) is 11.1 Å². The van der Waals surface area contributed by atoms with Gasteiger partial charge < -0.3 is 10.6 Å². The van der Waals surface area contributed by atoms with Crippen molar-refractivity contribution in [2.45, 2.75) is 12.0 Å². The van der Waals surface area contributed by atoms with Crippen LogP contribution in [-0.4, -0.2) is 37.8 Å². The van der Waals surface area contributed by atoms with E-state index in [4.69, 9.17) is 0 Å². The molecular weight excluding hydrogens is 511 g/mol.